The first-order valence-corrected chi connectivity index (χ1v) is 8.89. The molecular weight excluding hydrogens is 316 g/mol. The average Bonchev–Trinajstić information content (AvgIpc) is 2.84. The van der Waals surface area contributed by atoms with Crippen LogP contribution in [0.3, 0.4) is 0 Å². The third-order valence-corrected chi connectivity index (χ3v) is 4.67. The highest BCUT2D eigenvalue weighted by molar-refractivity contribution is 6.32. The Balaban J connectivity index is 1.72. The van der Waals surface area contributed by atoms with Gasteiger partial charge in [0.25, 0.3) is 5.91 Å². The first-order valence-electron chi connectivity index (χ1n) is 8.89. The molecule has 1 saturated heterocycles. The lowest BCUT2D eigenvalue weighted by Crippen LogP contribution is -2.48. The minimum Gasteiger partial charge on any atom is -0.444 e. The minimum absolute atomic E-state index is 0.0689. The van der Waals surface area contributed by atoms with Crippen molar-refractivity contribution in [2.75, 3.05) is 18.0 Å². The lowest BCUT2D eigenvalue weighted by molar-refractivity contribution is -0.113. The van der Waals surface area contributed by atoms with Gasteiger partial charge < -0.3 is 14.5 Å². The summed E-state index contributed by atoms with van der Waals surface area (Å²) in [6.07, 6.45) is 3.14. The maximum absolute atomic E-state index is 12.8. The van der Waals surface area contributed by atoms with E-state index >= 15 is 0 Å². The van der Waals surface area contributed by atoms with Crippen molar-refractivity contribution in [2.24, 2.45) is 0 Å². The predicted molar refractivity (Wildman–Crippen MR) is 98.4 cm³/mol. The smallest absolute Gasteiger partial charge is 0.410 e. The Morgan fingerprint density at radius 3 is 2.44 bits per heavy atom. The summed E-state index contributed by atoms with van der Waals surface area (Å²) in [7, 11) is 0. The van der Waals surface area contributed by atoms with Crippen molar-refractivity contribution in [3.63, 3.8) is 0 Å². The van der Waals surface area contributed by atoms with Gasteiger partial charge in [-0.3, -0.25) is 4.79 Å². The van der Waals surface area contributed by atoms with Gasteiger partial charge in [-0.05, 0) is 46.6 Å². The fraction of sp³-hybridized carbons (Fsp3) is 0.500. The number of para-hydroxylation sites is 1. The van der Waals surface area contributed by atoms with Crippen LogP contribution in [0.25, 0.3) is 5.57 Å². The molecule has 2 heterocycles. The fourth-order valence-electron chi connectivity index (χ4n) is 3.54. The third-order valence-electron chi connectivity index (χ3n) is 4.67. The van der Waals surface area contributed by atoms with Crippen LogP contribution in [-0.2, 0) is 9.53 Å². The van der Waals surface area contributed by atoms with Gasteiger partial charge in [-0.2, -0.15) is 0 Å². The summed E-state index contributed by atoms with van der Waals surface area (Å²) in [5.41, 5.74) is 2.27. The maximum Gasteiger partial charge on any atom is 0.410 e. The largest absolute Gasteiger partial charge is 0.444 e. The van der Waals surface area contributed by atoms with Crippen molar-refractivity contribution in [2.45, 2.75) is 52.2 Å². The first-order chi connectivity index (χ1) is 11.8. The summed E-state index contributed by atoms with van der Waals surface area (Å²) in [5.74, 6) is 0.0689. The Bertz CT molecular complexity index is 710. The van der Waals surface area contributed by atoms with Crippen molar-refractivity contribution in [3.8, 4) is 0 Å². The number of piperidine rings is 1. The van der Waals surface area contributed by atoms with Crippen LogP contribution in [0.5, 0.6) is 0 Å². The standard InChI is InChI=1S/C20H26N2O3/c1-5-15-16-8-6-7-9-17(16)22(18(15)23)14-10-12-21(13-11-14)19(24)25-20(2,3)4/h5-9,14H,10-13H2,1-4H3/b15-5-. The Morgan fingerprint density at radius 2 is 1.84 bits per heavy atom. The Kier molecular flexibility index (Phi) is 4.58. The number of benzene rings is 1. The van der Waals surface area contributed by atoms with Crippen LogP contribution in [0.4, 0.5) is 10.5 Å². The summed E-state index contributed by atoms with van der Waals surface area (Å²) in [6.45, 7) is 8.73. The number of anilines is 1. The van der Waals surface area contributed by atoms with E-state index in [4.69, 9.17) is 4.74 Å². The molecule has 2 amide bonds. The highest BCUT2D eigenvalue weighted by Crippen LogP contribution is 2.39. The molecule has 0 aromatic heterocycles. The molecule has 0 spiro atoms. The molecule has 0 saturated carbocycles. The highest BCUT2D eigenvalue weighted by Gasteiger charge is 2.38. The van der Waals surface area contributed by atoms with Crippen LogP contribution < -0.4 is 4.90 Å². The number of rotatable bonds is 1. The summed E-state index contributed by atoms with van der Waals surface area (Å²) >= 11 is 0. The van der Waals surface area contributed by atoms with E-state index in [1.165, 1.54) is 0 Å². The zero-order chi connectivity index (χ0) is 18.2. The van der Waals surface area contributed by atoms with Crippen molar-refractivity contribution in [3.05, 3.63) is 35.9 Å². The zero-order valence-corrected chi connectivity index (χ0v) is 15.4. The molecule has 0 atom stereocenters. The third kappa shape index (κ3) is 3.41. The number of likely N-dealkylation sites (tertiary alicyclic amines) is 1. The number of nitrogens with zero attached hydrogens (tertiary/aromatic N) is 2. The number of fused-ring (bicyclic) bond motifs is 1. The molecular formula is C20H26N2O3. The second-order valence-electron chi connectivity index (χ2n) is 7.59. The number of carbonyl (C=O) groups excluding carboxylic acids is 2. The van der Waals surface area contributed by atoms with Crippen molar-refractivity contribution >= 4 is 23.3 Å². The van der Waals surface area contributed by atoms with E-state index in [9.17, 15) is 9.59 Å². The number of hydrogen-bond acceptors (Lipinski definition) is 3. The monoisotopic (exact) mass is 342 g/mol. The Morgan fingerprint density at radius 1 is 1.20 bits per heavy atom. The fourth-order valence-corrected chi connectivity index (χ4v) is 3.54. The molecule has 0 bridgehead atoms. The van der Waals surface area contributed by atoms with Crippen LogP contribution in [-0.4, -0.2) is 41.6 Å². The SMILES string of the molecule is C/C=C1\C(=O)N(C2CCN(C(=O)OC(C)(C)C)CC2)c2ccccc21. The Labute approximate surface area is 149 Å². The minimum atomic E-state index is -0.487. The van der Waals surface area contributed by atoms with Crippen LogP contribution in [0, 0.1) is 0 Å². The van der Waals surface area contributed by atoms with E-state index in [-0.39, 0.29) is 18.0 Å². The quantitative estimate of drug-likeness (QED) is 0.729. The molecule has 1 aromatic rings. The van der Waals surface area contributed by atoms with Crippen LogP contribution in [0.2, 0.25) is 0 Å². The molecule has 0 unspecified atom stereocenters. The lowest BCUT2D eigenvalue weighted by Gasteiger charge is -2.37. The zero-order valence-electron chi connectivity index (χ0n) is 15.4. The molecule has 0 aliphatic carbocycles. The second kappa shape index (κ2) is 6.54. The molecule has 134 valence electrons. The van der Waals surface area contributed by atoms with Gasteiger partial charge >= 0.3 is 6.09 Å². The average molecular weight is 342 g/mol. The van der Waals surface area contributed by atoms with Crippen LogP contribution in [0.15, 0.2) is 30.3 Å². The van der Waals surface area contributed by atoms with Gasteiger partial charge in [0, 0.05) is 30.3 Å². The molecule has 2 aliphatic heterocycles. The second-order valence-corrected chi connectivity index (χ2v) is 7.59. The topological polar surface area (TPSA) is 49.9 Å². The summed E-state index contributed by atoms with van der Waals surface area (Å²) in [4.78, 5) is 28.7. The summed E-state index contributed by atoms with van der Waals surface area (Å²) < 4.78 is 5.45. The number of amides is 2. The van der Waals surface area contributed by atoms with Gasteiger partial charge in [-0.15, -0.1) is 0 Å². The van der Waals surface area contributed by atoms with Crippen LogP contribution >= 0.6 is 0 Å². The molecule has 5 heteroatoms. The number of hydrogen-bond donors (Lipinski definition) is 0. The molecule has 25 heavy (non-hydrogen) atoms. The van der Waals surface area contributed by atoms with E-state index in [1.54, 1.807) is 4.90 Å². The summed E-state index contributed by atoms with van der Waals surface area (Å²) in [6, 6.07) is 8.05. The molecule has 5 nitrogen and oxygen atoms in total. The van der Waals surface area contributed by atoms with E-state index in [0.717, 1.165) is 29.7 Å². The van der Waals surface area contributed by atoms with Gasteiger partial charge in [0.1, 0.15) is 5.60 Å². The van der Waals surface area contributed by atoms with Crippen LogP contribution in [0.1, 0.15) is 46.1 Å². The number of allylic oxidation sites excluding steroid dienone is 1. The van der Waals surface area contributed by atoms with Gasteiger partial charge in [0.15, 0.2) is 0 Å². The van der Waals surface area contributed by atoms with E-state index in [0.29, 0.717) is 13.1 Å². The molecule has 0 radical (unpaired) electrons. The molecule has 0 N–H and O–H groups in total. The molecule has 1 fully saturated rings. The van der Waals surface area contributed by atoms with Gasteiger partial charge in [-0.25, -0.2) is 4.79 Å². The number of ether oxygens (including phenoxy) is 1. The van der Waals surface area contributed by atoms with E-state index in [1.807, 2.05) is 62.9 Å². The van der Waals surface area contributed by atoms with E-state index < -0.39 is 5.60 Å². The number of carbonyl (C=O) groups is 2. The van der Waals surface area contributed by atoms with Gasteiger partial charge in [-0.1, -0.05) is 24.3 Å². The molecule has 1 aromatic carbocycles. The van der Waals surface area contributed by atoms with Crippen molar-refractivity contribution < 1.29 is 14.3 Å². The predicted octanol–water partition coefficient (Wildman–Crippen LogP) is 3.84. The Hall–Kier alpha value is -2.30. The first kappa shape index (κ1) is 17.5. The van der Waals surface area contributed by atoms with E-state index in [2.05, 4.69) is 0 Å². The lowest BCUT2D eigenvalue weighted by atomic mass is 10.0. The summed E-state index contributed by atoms with van der Waals surface area (Å²) in [5, 5.41) is 0. The normalized spacial score (nSPS) is 20.2. The van der Waals surface area contributed by atoms with Crippen molar-refractivity contribution in [1.82, 2.24) is 4.90 Å². The maximum atomic E-state index is 12.8. The highest BCUT2D eigenvalue weighted by atomic mass is 16.6. The molecule has 3 rings (SSSR count). The van der Waals surface area contributed by atoms with Gasteiger partial charge in [0.2, 0.25) is 0 Å². The molecule has 2 aliphatic rings. The van der Waals surface area contributed by atoms with Gasteiger partial charge in [0.05, 0.1) is 5.69 Å². The van der Waals surface area contributed by atoms with Crippen molar-refractivity contribution in [1.29, 1.82) is 0 Å².